The number of hydrogen-bond donors (Lipinski definition) is 2. The van der Waals surface area contributed by atoms with E-state index in [2.05, 4.69) is 38.2 Å². The highest BCUT2D eigenvalue weighted by Crippen LogP contribution is 2.26. The maximum atomic E-state index is 10.6. The Kier molecular flexibility index (Phi) is 6.52. The Morgan fingerprint density at radius 2 is 2.00 bits per heavy atom. The summed E-state index contributed by atoms with van der Waals surface area (Å²) in [5, 5.41) is 12.2. The van der Waals surface area contributed by atoms with Crippen molar-refractivity contribution in [2.75, 3.05) is 6.54 Å². The van der Waals surface area contributed by atoms with E-state index in [4.69, 9.17) is 5.11 Å². The first-order valence-electron chi connectivity index (χ1n) is 6.93. The van der Waals surface area contributed by atoms with E-state index in [1.54, 1.807) is 0 Å². The molecule has 2 N–H and O–H groups in total. The van der Waals surface area contributed by atoms with Crippen molar-refractivity contribution in [1.29, 1.82) is 0 Å². The molecule has 0 aliphatic carbocycles. The fourth-order valence-electron chi connectivity index (χ4n) is 1.92. The first-order valence-corrected chi connectivity index (χ1v) is 7.75. The van der Waals surface area contributed by atoms with Gasteiger partial charge in [0.1, 0.15) is 0 Å². The number of rotatable bonds is 9. The standard InChI is InChI=1S/C15H25NO2S/c1-4-12-5-6-13(19-12)11-16-10-9-15(2,3)8-7-14(17)18/h5-6,16H,4,7-11H2,1-3H3,(H,17,18). The van der Waals surface area contributed by atoms with Crippen molar-refractivity contribution < 1.29 is 9.90 Å². The zero-order valence-electron chi connectivity index (χ0n) is 12.2. The molecule has 0 aliphatic heterocycles. The van der Waals surface area contributed by atoms with Crippen LogP contribution in [0, 0.1) is 5.41 Å². The summed E-state index contributed by atoms with van der Waals surface area (Å²) in [5.41, 5.74) is 0.0927. The van der Waals surface area contributed by atoms with Gasteiger partial charge in [0.15, 0.2) is 0 Å². The van der Waals surface area contributed by atoms with Crippen LogP contribution < -0.4 is 5.32 Å². The Hall–Kier alpha value is -0.870. The van der Waals surface area contributed by atoms with Crippen LogP contribution in [0.15, 0.2) is 12.1 Å². The third-order valence-corrected chi connectivity index (χ3v) is 4.59. The largest absolute Gasteiger partial charge is 0.481 e. The van der Waals surface area contributed by atoms with Gasteiger partial charge in [-0.3, -0.25) is 4.79 Å². The molecule has 108 valence electrons. The molecule has 0 bridgehead atoms. The molecule has 0 saturated heterocycles. The molecule has 0 unspecified atom stereocenters. The van der Waals surface area contributed by atoms with E-state index in [9.17, 15) is 4.79 Å². The van der Waals surface area contributed by atoms with Crippen molar-refractivity contribution in [3.05, 3.63) is 21.9 Å². The Bertz CT molecular complexity index is 399. The topological polar surface area (TPSA) is 49.3 Å². The third kappa shape index (κ3) is 6.73. The number of aliphatic carboxylic acids is 1. The molecule has 0 saturated carbocycles. The molecule has 1 aromatic heterocycles. The highest BCUT2D eigenvalue weighted by Gasteiger charge is 2.18. The molecule has 4 heteroatoms. The van der Waals surface area contributed by atoms with Crippen molar-refractivity contribution in [1.82, 2.24) is 5.32 Å². The molecular formula is C15H25NO2S. The zero-order valence-corrected chi connectivity index (χ0v) is 13.0. The van der Waals surface area contributed by atoms with Crippen molar-refractivity contribution in [3.63, 3.8) is 0 Å². The molecular weight excluding hydrogens is 258 g/mol. The Balaban J connectivity index is 2.20. The molecule has 0 spiro atoms. The summed E-state index contributed by atoms with van der Waals surface area (Å²) in [5.74, 6) is -0.702. The first-order chi connectivity index (χ1) is 8.93. The predicted octanol–water partition coefficient (Wildman–Crippen LogP) is 3.68. The molecule has 0 atom stereocenters. The zero-order chi connectivity index (χ0) is 14.3. The average molecular weight is 283 g/mol. The summed E-state index contributed by atoms with van der Waals surface area (Å²) in [7, 11) is 0. The maximum Gasteiger partial charge on any atom is 0.303 e. The van der Waals surface area contributed by atoms with Gasteiger partial charge in [0.25, 0.3) is 0 Å². The fourth-order valence-corrected chi connectivity index (χ4v) is 2.84. The van der Waals surface area contributed by atoms with Gasteiger partial charge in [-0.15, -0.1) is 11.3 Å². The number of nitrogens with one attached hydrogen (secondary N) is 1. The normalized spacial score (nSPS) is 11.7. The Labute approximate surface area is 120 Å². The highest BCUT2D eigenvalue weighted by molar-refractivity contribution is 7.11. The molecule has 1 heterocycles. The van der Waals surface area contributed by atoms with Gasteiger partial charge in [0, 0.05) is 22.7 Å². The van der Waals surface area contributed by atoms with E-state index >= 15 is 0 Å². The quantitative estimate of drug-likeness (QED) is 0.680. The van der Waals surface area contributed by atoms with Crippen LogP contribution in [0.2, 0.25) is 0 Å². The van der Waals surface area contributed by atoms with Crippen LogP contribution in [0.1, 0.15) is 49.8 Å². The molecule has 0 radical (unpaired) electrons. The van der Waals surface area contributed by atoms with E-state index < -0.39 is 5.97 Å². The fraction of sp³-hybridized carbons (Fsp3) is 0.667. The lowest BCUT2D eigenvalue weighted by atomic mass is 9.84. The minimum atomic E-state index is -0.702. The molecule has 1 aromatic rings. The van der Waals surface area contributed by atoms with Gasteiger partial charge >= 0.3 is 5.97 Å². The smallest absolute Gasteiger partial charge is 0.303 e. The molecule has 1 rings (SSSR count). The second-order valence-electron chi connectivity index (χ2n) is 5.71. The van der Waals surface area contributed by atoms with Crippen LogP contribution in [0.25, 0.3) is 0 Å². The van der Waals surface area contributed by atoms with Crippen molar-refractivity contribution >= 4 is 17.3 Å². The number of carboxylic acids is 1. The minimum absolute atomic E-state index is 0.0927. The van der Waals surface area contributed by atoms with Crippen LogP contribution in [-0.2, 0) is 17.8 Å². The van der Waals surface area contributed by atoms with Gasteiger partial charge in [-0.1, -0.05) is 20.8 Å². The Morgan fingerprint density at radius 3 is 2.58 bits per heavy atom. The summed E-state index contributed by atoms with van der Waals surface area (Å²) in [6.07, 6.45) is 3.11. The lowest BCUT2D eigenvalue weighted by Gasteiger charge is -2.23. The molecule has 0 aromatic carbocycles. The minimum Gasteiger partial charge on any atom is -0.481 e. The van der Waals surface area contributed by atoms with Gasteiger partial charge < -0.3 is 10.4 Å². The van der Waals surface area contributed by atoms with Gasteiger partial charge in [-0.25, -0.2) is 0 Å². The number of thiophene rings is 1. The lowest BCUT2D eigenvalue weighted by Crippen LogP contribution is -2.22. The van der Waals surface area contributed by atoms with Crippen LogP contribution >= 0.6 is 11.3 Å². The second-order valence-corrected chi connectivity index (χ2v) is 6.96. The van der Waals surface area contributed by atoms with Crippen LogP contribution in [-0.4, -0.2) is 17.6 Å². The average Bonchev–Trinajstić information content (AvgIpc) is 2.80. The predicted molar refractivity (Wildman–Crippen MR) is 80.7 cm³/mol. The number of carboxylic acid groups (broad SMARTS) is 1. The molecule has 19 heavy (non-hydrogen) atoms. The van der Waals surface area contributed by atoms with Crippen molar-refractivity contribution in [2.24, 2.45) is 5.41 Å². The summed E-state index contributed by atoms with van der Waals surface area (Å²) in [6.45, 7) is 8.30. The summed E-state index contributed by atoms with van der Waals surface area (Å²) in [4.78, 5) is 13.4. The van der Waals surface area contributed by atoms with Gasteiger partial charge in [0.05, 0.1) is 0 Å². The second kappa shape index (κ2) is 7.65. The molecule has 0 fully saturated rings. The monoisotopic (exact) mass is 283 g/mol. The van der Waals surface area contributed by atoms with Crippen LogP contribution in [0.5, 0.6) is 0 Å². The van der Waals surface area contributed by atoms with Crippen molar-refractivity contribution in [2.45, 2.75) is 53.0 Å². The SMILES string of the molecule is CCc1ccc(CNCCC(C)(C)CCC(=O)O)s1. The van der Waals surface area contributed by atoms with Crippen molar-refractivity contribution in [3.8, 4) is 0 Å². The number of hydrogen-bond acceptors (Lipinski definition) is 3. The van der Waals surface area contributed by atoms with E-state index in [1.165, 1.54) is 9.75 Å². The number of aryl methyl sites for hydroxylation is 1. The van der Waals surface area contributed by atoms with Gasteiger partial charge in [-0.2, -0.15) is 0 Å². The molecule has 0 aliphatic rings. The number of carbonyl (C=O) groups is 1. The summed E-state index contributed by atoms with van der Waals surface area (Å²) < 4.78 is 0. The first kappa shape index (κ1) is 16.2. The summed E-state index contributed by atoms with van der Waals surface area (Å²) in [6, 6.07) is 4.38. The molecule has 0 amide bonds. The maximum absolute atomic E-state index is 10.6. The Morgan fingerprint density at radius 1 is 1.32 bits per heavy atom. The highest BCUT2D eigenvalue weighted by atomic mass is 32.1. The van der Waals surface area contributed by atoms with Crippen LogP contribution in [0.3, 0.4) is 0 Å². The lowest BCUT2D eigenvalue weighted by molar-refractivity contribution is -0.137. The molecule has 3 nitrogen and oxygen atoms in total. The van der Waals surface area contributed by atoms with Gasteiger partial charge in [0.2, 0.25) is 0 Å². The summed E-state index contributed by atoms with van der Waals surface area (Å²) >= 11 is 1.86. The third-order valence-electron chi connectivity index (χ3n) is 3.36. The van der Waals surface area contributed by atoms with Gasteiger partial charge in [-0.05, 0) is 43.4 Å². The van der Waals surface area contributed by atoms with E-state index in [0.29, 0.717) is 0 Å². The van der Waals surface area contributed by atoms with E-state index in [1.807, 2.05) is 11.3 Å². The van der Waals surface area contributed by atoms with E-state index in [0.717, 1.165) is 32.4 Å². The van der Waals surface area contributed by atoms with E-state index in [-0.39, 0.29) is 11.8 Å². The van der Waals surface area contributed by atoms with Crippen LogP contribution in [0.4, 0.5) is 0 Å².